The predicted molar refractivity (Wildman–Crippen MR) is 83.3 cm³/mol. The van der Waals surface area contributed by atoms with Crippen molar-refractivity contribution in [2.45, 2.75) is 18.7 Å². The summed E-state index contributed by atoms with van der Waals surface area (Å²) in [6, 6.07) is 6.05. The smallest absolute Gasteiger partial charge is 0.179 e. The van der Waals surface area contributed by atoms with Crippen LogP contribution in [0.2, 0.25) is 0 Å². The Balaban J connectivity index is 2.73. The molecule has 0 spiro atoms. The van der Waals surface area contributed by atoms with Gasteiger partial charge in [0.15, 0.2) is 15.7 Å². The van der Waals surface area contributed by atoms with E-state index in [1.807, 2.05) is 19.9 Å². The lowest BCUT2D eigenvalue weighted by molar-refractivity contribution is 0.318. The number of amidine groups is 1. The van der Waals surface area contributed by atoms with Gasteiger partial charge in [-0.2, -0.15) is 0 Å². The first-order chi connectivity index (χ1) is 9.86. The first kappa shape index (κ1) is 17.2. The first-order valence-corrected chi connectivity index (χ1v) is 8.17. The minimum absolute atomic E-state index is 0.0107. The summed E-state index contributed by atoms with van der Waals surface area (Å²) < 4.78 is 24.4. The average molecular weight is 311 g/mol. The molecule has 4 N–H and O–H groups in total. The van der Waals surface area contributed by atoms with E-state index in [0.29, 0.717) is 18.7 Å². The number of hydrogen-bond acceptors (Lipinski definition) is 5. The molecular weight excluding hydrogens is 290 g/mol. The van der Waals surface area contributed by atoms with Crippen LogP contribution in [-0.4, -0.2) is 38.3 Å². The third kappa shape index (κ3) is 5.57. The molecule has 0 heterocycles. The monoisotopic (exact) mass is 311 g/mol. The number of sulfone groups is 1. The largest absolute Gasteiger partial charge is 0.409 e. The summed E-state index contributed by atoms with van der Waals surface area (Å²) in [6.07, 6.45) is 1.99. The predicted octanol–water partition coefficient (Wildman–Crippen LogP) is 1.11. The quantitative estimate of drug-likeness (QED) is 0.175. The van der Waals surface area contributed by atoms with Gasteiger partial charge in [-0.1, -0.05) is 28.9 Å². The van der Waals surface area contributed by atoms with Crippen LogP contribution in [0.1, 0.15) is 19.4 Å². The van der Waals surface area contributed by atoms with Gasteiger partial charge >= 0.3 is 0 Å². The molecule has 0 aliphatic carbocycles. The van der Waals surface area contributed by atoms with E-state index >= 15 is 0 Å². The normalized spacial score (nSPS) is 12.2. The van der Waals surface area contributed by atoms with E-state index in [1.54, 1.807) is 12.1 Å². The van der Waals surface area contributed by atoms with Crippen molar-refractivity contribution in [3.63, 3.8) is 0 Å². The van der Waals surface area contributed by atoms with Crippen LogP contribution in [0, 0.1) is 0 Å². The molecule has 0 atom stereocenters. The number of hydrogen-bond donors (Lipinski definition) is 3. The van der Waals surface area contributed by atoms with E-state index in [2.05, 4.69) is 10.5 Å². The fourth-order valence-corrected chi connectivity index (χ4v) is 2.85. The highest BCUT2D eigenvalue weighted by Gasteiger charge is 2.15. The highest BCUT2D eigenvalue weighted by molar-refractivity contribution is 7.91. The van der Waals surface area contributed by atoms with Crippen molar-refractivity contribution in [2.24, 2.45) is 10.9 Å². The van der Waals surface area contributed by atoms with Crippen molar-refractivity contribution in [2.75, 3.05) is 18.8 Å². The molecule has 0 unspecified atom stereocenters. The van der Waals surface area contributed by atoms with E-state index in [1.165, 1.54) is 17.7 Å². The SMILES string of the molecule is CC(C)=CCNCCS(=O)(=O)c1cccc(/C(N)=N/O)c1. The number of nitrogens with zero attached hydrogens (tertiary/aromatic N) is 1. The van der Waals surface area contributed by atoms with Crippen LogP contribution >= 0.6 is 0 Å². The topological polar surface area (TPSA) is 105 Å². The summed E-state index contributed by atoms with van der Waals surface area (Å²) in [4.78, 5) is 0.163. The van der Waals surface area contributed by atoms with Crippen LogP contribution in [-0.2, 0) is 9.84 Å². The zero-order chi connectivity index (χ0) is 15.9. The van der Waals surface area contributed by atoms with Gasteiger partial charge in [0.25, 0.3) is 0 Å². The van der Waals surface area contributed by atoms with E-state index in [4.69, 9.17) is 10.9 Å². The zero-order valence-electron chi connectivity index (χ0n) is 12.2. The molecule has 116 valence electrons. The van der Waals surface area contributed by atoms with Crippen LogP contribution in [0.25, 0.3) is 0 Å². The third-order valence-electron chi connectivity index (χ3n) is 2.80. The Morgan fingerprint density at radius 2 is 2.14 bits per heavy atom. The molecular formula is C14H21N3O3S. The van der Waals surface area contributed by atoms with Crippen molar-refractivity contribution in [3.8, 4) is 0 Å². The van der Waals surface area contributed by atoms with Gasteiger partial charge in [0.05, 0.1) is 10.6 Å². The Morgan fingerprint density at radius 3 is 2.76 bits per heavy atom. The Labute approximate surface area is 125 Å². The lowest BCUT2D eigenvalue weighted by atomic mass is 10.2. The molecule has 0 saturated carbocycles. The maximum Gasteiger partial charge on any atom is 0.179 e. The summed E-state index contributed by atoms with van der Waals surface area (Å²) in [6.45, 7) is 4.97. The summed E-state index contributed by atoms with van der Waals surface area (Å²) in [5, 5.41) is 14.5. The molecule has 0 radical (unpaired) electrons. The third-order valence-corrected chi connectivity index (χ3v) is 4.51. The summed E-state index contributed by atoms with van der Waals surface area (Å²) >= 11 is 0. The molecule has 7 heteroatoms. The Kier molecular flexibility index (Phi) is 6.39. The molecule has 0 aliphatic heterocycles. The number of nitrogens with two attached hydrogens (primary N) is 1. The van der Waals surface area contributed by atoms with Crippen LogP contribution in [0.5, 0.6) is 0 Å². The standard InChI is InChI=1S/C14H21N3O3S/c1-11(2)6-7-16-8-9-21(19,20)13-5-3-4-12(10-13)14(15)17-18/h3-6,10,16,18H,7-9H2,1-2H3,(H2,15,17). The van der Waals surface area contributed by atoms with Crippen molar-refractivity contribution in [3.05, 3.63) is 41.5 Å². The van der Waals surface area contributed by atoms with Gasteiger partial charge in [-0.15, -0.1) is 0 Å². The van der Waals surface area contributed by atoms with Gasteiger partial charge in [0.1, 0.15) is 0 Å². The maximum absolute atomic E-state index is 12.2. The molecule has 0 fully saturated rings. The summed E-state index contributed by atoms with van der Waals surface area (Å²) in [5.41, 5.74) is 7.01. The molecule has 21 heavy (non-hydrogen) atoms. The zero-order valence-corrected chi connectivity index (χ0v) is 13.0. The number of nitrogens with one attached hydrogen (secondary N) is 1. The fraction of sp³-hybridized carbons (Fsp3) is 0.357. The highest BCUT2D eigenvalue weighted by Crippen LogP contribution is 2.13. The van der Waals surface area contributed by atoms with Gasteiger partial charge < -0.3 is 16.3 Å². The van der Waals surface area contributed by atoms with Crippen molar-refractivity contribution in [1.29, 1.82) is 0 Å². The second-order valence-corrected chi connectivity index (χ2v) is 6.93. The second-order valence-electron chi connectivity index (χ2n) is 4.82. The van der Waals surface area contributed by atoms with Gasteiger partial charge in [0.2, 0.25) is 0 Å². The minimum atomic E-state index is -3.40. The molecule has 0 bridgehead atoms. The van der Waals surface area contributed by atoms with E-state index in [9.17, 15) is 8.42 Å². The fourth-order valence-electron chi connectivity index (χ4n) is 1.61. The number of allylic oxidation sites excluding steroid dienone is 1. The molecule has 0 saturated heterocycles. The van der Waals surface area contributed by atoms with Crippen LogP contribution in [0.15, 0.2) is 46.0 Å². The van der Waals surface area contributed by atoms with Gasteiger partial charge in [-0.05, 0) is 26.0 Å². The number of benzene rings is 1. The molecule has 6 nitrogen and oxygen atoms in total. The van der Waals surface area contributed by atoms with Crippen molar-refractivity contribution in [1.82, 2.24) is 5.32 Å². The molecule has 1 rings (SSSR count). The van der Waals surface area contributed by atoms with Crippen LogP contribution in [0.4, 0.5) is 0 Å². The minimum Gasteiger partial charge on any atom is -0.409 e. The van der Waals surface area contributed by atoms with Gasteiger partial charge in [-0.3, -0.25) is 0 Å². The van der Waals surface area contributed by atoms with E-state index in [-0.39, 0.29) is 16.5 Å². The Bertz CT molecular complexity index is 633. The molecule has 1 aromatic rings. The molecule has 0 aliphatic rings. The van der Waals surface area contributed by atoms with Crippen molar-refractivity contribution < 1.29 is 13.6 Å². The highest BCUT2D eigenvalue weighted by atomic mass is 32.2. The second kappa shape index (κ2) is 7.80. The van der Waals surface area contributed by atoms with Gasteiger partial charge in [-0.25, -0.2) is 8.42 Å². The number of oxime groups is 1. The number of rotatable bonds is 7. The summed E-state index contributed by atoms with van der Waals surface area (Å²) in [7, 11) is -3.40. The molecule has 0 amide bonds. The Hall–Kier alpha value is -1.86. The van der Waals surface area contributed by atoms with E-state index < -0.39 is 9.84 Å². The van der Waals surface area contributed by atoms with Crippen LogP contribution < -0.4 is 11.1 Å². The molecule has 0 aromatic heterocycles. The van der Waals surface area contributed by atoms with Crippen molar-refractivity contribution >= 4 is 15.7 Å². The Morgan fingerprint density at radius 1 is 1.43 bits per heavy atom. The lowest BCUT2D eigenvalue weighted by Gasteiger charge is -2.07. The van der Waals surface area contributed by atoms with E-state index in [0.717, 1.165) is 0 Å². The molecule has 1 aromatic carbocycles. The lowest BCUT2D eigenvalue weighted by Crippen LogP contribution is -2.23. The first-order valence-electron chi connectivity index (χ1n) is 6.51. The maximum atomic E-state index is 12.2. The van der Waals surface area contributed by atoms with Gasteiger partial charge in [0, 0.05) is 18.7 Å². The average Bonchev–Trinajstić information content (AvgIpc) is 2.45. The van der Waals surface area contributed by atoms with Crippen LogP contribution in [0.3, 0.4) is 0 Å². The summed E-state index contributed by atoms with van der Waals surface area (Å²) in [5.74, 6) is -0.128.